The molecular formula is C13H13N5. The normalized spacial score (nSPS) is 10.7. The van der Waals surface area contributed by atoms with Crippen LogP contribution in [0.3, 0.4) is 0 Å². The summed E-state index contributed by atoms with van der Waals surface area (Å²) in [6, 6.07) is 8.07. The number of nitrogens with two attached hydrogens (primary N) is 1. The minimum Gasteiger partial charge on any atom is -0.382 e. The Balaban J connectivity index is 2.06. The van der Waals surface area contributed by atoms with Gasteiger partial charge < -0.3 is 15.5 Å². The molecule has 0 atom stereocenters. The van der Waals surface area contributed by atoms with Crippen LogP contribution in [0.4, 0.5) is 17.3 Å². The number of nitrogens with one attached hydrogen (secondary N) is 1. The standard InChI is InChI=1S/C13H13N5/c1-9-3-2-4-10(7-9)16-12-13-15-5-6-18(13)8-11(14)17-12/h2-8H,14H2,1H3,(H,16,17). The Morgan fingerprint density at radius 2 is 2.22 bits per heavy atom. The van der Waals surface area contributed by atoms with Crippen molar-refractivity contribution in [2.45, 2.75) is 6.92 Å². The van der Waals surface area contributed by atoms with E-state index in [2.05, 4.69) is 15.3 Å². The molecule has 90 valence electrons. The summed E-state index contributed by atoms with van der Waals surface area (Å²) < 4.78 is 1.85. The molecule has 3 aromatic rings. The molecule has 0 amide bonds. The summed E-state index contributed by atoms with van der Waals surface area (Å²) in [5.74, 6) is 1.11. The molecule has 0 saturated heterocycles. The molecule has 0 aliphatic carbocycles. The van der Waals surface area contributed by atoms with E-state index in [1.807, 2.05) is 41.8 Å². The molecular weight excluding hydrogens is 226 g/mol. The van der Waals surface area contributed by atoms with Crippen LogP contribution in [-0.4, -0.2) is 14.4 Å². The molecule has 5 nitrogen and oxygen atoms in total. The highest BCUT2D eigenvalue weighted by Crippen LogP contribution is 2.20. The lowest BCUT2D eigenvalue weighted by atomic mass is 10.2. The third-order valence-electron chi connectivity index (χ3n) is 2.67. The Morgan fingerprint density at radius 1 is 1.33 bits per heavy atom. The zero-order chi connectivity index (χ0) is 12.5. The summed E-state index contributed by atoms with van der Waals surface area (Å²) in [5, 5.41) is 3.24. The Kier molecular flexibility index (Phi) is 2.37. The van der Waals surface area contributed by atoms with Crippen LogP contribution in [-0.2, 0) is 0 Å². The van der Waals surface area contributed by atoms with E-state index in [1.54, 1.807) is 12.4 Å². The first-order valence-electron chi connectivity index (χ1n) is 5.65. The maximum Gasteiger partial charge on any atom is 0.180 e. The van der Waals surface area contributed by atoms with Gasteiger partial charge in [0, 0.05) is 18.1 Å². The maximum absolute atomic E-state index is 5.77. The van der Waals surface area contributed by atoms with E-state index in [-0.39, 0.29) is 0 Å². The second-order valence-electron chi connectivity index (χ2n) is 4.17. The summed E-state index contributed by atoms with van der Waals surface area (Å²) in [4.78, 5) is 8.54. The predicted molar refractivity (Wildman–Crippen MR) is 71.9 cm³/mol. The van der Waals surface area contributed by atoms with E-state index >= 15 is 0 Å². The van der Waals surface area contributed by atoms with Crippen molar-refractivity contribution >= 4 is 23.0 Å². The first kappa shape index (κ1) is 10.6. The van der Waals surface area contributed by atoms with E-state index in [9.17, 15) is 0 Å². The van der Waals surface area contributed by atoms with Crippen molar-refractivity contribution in [3.05, 3.63) is 48.4 Å². The van der Waals surface area contributed by atoms with Gasteiger partial charge in [0.1, 0.15) is 5.82 Å². The Bertz CT molecular complexity index is 701. The van der Waals surface area contributed by atoms with Crippen molar-refractivity contribution in [3.8, 4) is 0 Å². The number of hydrogen-bond acceptors (Lipinski definition) is 4. The predicted octanol–water partition coefficient (Wildman–Crippen LogP) is 2.36. The van der Waals surface area contributed by atoms with Crippen molar-refractivity contribution in [1.82, 2.24) is 14.4 Å². The van der Waals surface area contributed by atoms with Gasteiger partial charge in [-0.15, -0.1) is 0 Å². The number of benzene rings is 1. The van der Waals surface area contributed by atoms with Crippen LogP contribution in [0.1, 0.15) is 5.56 Å². The van der Waals surface area contributed by atoms with Crippen molar-refractivity contribution in [2.24, 2.45) is 0 Å². The van der Waals surface area contributed by atoms with Gasteiger partial charge >= 0.3 is 0 Å². The summed E-state index contributed by atoms with van der Waals surface area (Å²) in [5.41, 5.74) is 8.68. The molecule has 1 aromatic carbocycles. The molecule has 0 radical (unpaired) electrons. The van der Waals surface area contributed by atoms with E-state index < -0.39 is 0 Å². The number of aromatic nitrogens is 3. The lowest BCUT2D eigenvalue weighted by Gasteiger charge is -2.08. The van der Waals surface area contributed by atoms with Gasteiger partial charge in [0.2, 0.25) is 0 Å². The van der Waals surface area contributed by atoms with Gasteiger partial charge in [0.15, 0.2) is 11.5 Å². The highest BCUT2D eigenvalue weighted by molar-refractivity contribution is 5.71. The highest BCUT2D eigenvalue weighted by Gasteiger charge is 2.06. The van der Waals surface area contributed by atoms with Gasteiger partial charge in [0.05, 0.1) is 6.20 Å². The minimum atomic E-state index is 0.454. The fraction of sp³-hybridized carbons (Fsp3) is 0.0769. The van der Waals surface area contributed by atoms with Crippen molar-refractivity contribution in [3.63, 3.8) is 0 Å². The Hall–Kier alpha value is -2.56. The number of imidazole rings is 1. The van der Waals surface area contributed by atoms with Crippen molar-refractivity contribution in [2.75, 3.05) is 11.1 Å². The molecule has 0 unspecified atom stereocenters. The van der Waals surface area contributed by atoms with E-state index in [1.165, 1.54) is 5.56 Å². The largest absolute Gasteiger partial charge is 0.382 e. The SMILES string of the molecule is Cc1cccc(Nc2nc(N)cn3ccnc23)c1. The summed E-state index contributed by atoms with van der Waals surface area (Å²) >= 11 is 0. The zero-order valence-corrected chi connectivity index (χ0v) is 9.96. The highest BCUT2D eigenvalue weighted by atomic mass is 15.1. The smallest absolute Gasteiger partial charge is 0.180 e. The van der Waals surface area contributed by atoms with Crippen molar-refractivity contribution < 1.29 is 0 Å². The third kappa shape index (κ3) is 1.86. The van der Waals surface area contributed by atoms with Crippen LogP contribution in [0.15, 0.2) is 42.9 Å². The molecule has 0 saturated carbocycles. The molecule has 18 heavy (non-hydrogen) atoms. The summed E-state index contributed by atoms with van der Waals surface area (Å²) in [7, 11) is 0. The van der Waals surface area contributed by atoms with Crippen LogP contribution in [0.5, 0.6) is 0 Å². The fourth-order valence-electron chi connectivity index (χ4n) is 1.89. The van der Waals surface area contributed by atoms with Gasteiger partial charge in [-0.3, -0.25) is 0 Å². The summed E-state index contributed by atoms with van der Waals surface area (Å²) in [6.07, 6.45) is 5.30. The van der Waals surface area contributed by atoms with Crippen LogP contribution in [0.2, 0.25) is 0 Å². The fourth-order valence-corrected chi connectivity index (χ4v) is 1.89. The number of aryl methyl sites for hydroxylation is 1. The van der Waals surface area contributed by atoms with Crippen LogP contribution in [0, 0.1) is 6.92 Å². The number of rotatable bonds is 2. The molecule has 0 aliphatic heterocycles. The first-order valence-corrected chi connectivity index (χ1v) is 5.65. The molecule has 0 fully saturated rings. The van der Waals surface area contributed by atoms with Crippen LogP contribution >= 0.6 is 0 Å². The Morgan fingerprint density at radius 3 is 3.06 bits per heavy atom. The molecule has 5 heteroatoms. The zero-order valence-electron chi connectivity index (χ0n) is 9.96. The average molecular weight is 239 g/mol. The molecule has 3 rings (SSSR count). The quantitative estimate of drug-likeness (QED) is 0.720. The van der Waals surface area contributed by atoms with Crippen LogP contribution in [0.25, 0.3) is 5.65 Å². The molecule has 0 aliphatic rings. The van der Waals surface area contributed by atoms with Gasteiger partial charge in [-0.05, 0) is 24.6 Å². The van der Waals surface area contributed by atoms with E-state index in [4.69, 9.17) is 5.73 Å². The van der Waals surface area contributed by atoms with Gasteiger partial charge in [-0.25, -0.2) is 9.97 Å². The summed E-state index contributed by atoms with van der Waals surface area (Å²) in [6.45, 7) is 2.04. The van der Waals surface area contributed by atoms with Crippen molar-refractivity contribution in [1.29, 1.82) is 0 Å². The molecule has 2 aromatic heterocycles. The number of nitrogen functional groups attached to an aromatic ring is 1. The topological polar surface area (TPSA) is 68.2 Å². The monoisotopic (exact) mass is 239 g/mol. The molecule has 3 N–H and O–H groups in total. The van der Waals surface area contributed by atoms with Gasteiger partial charge in [0.25, 0.3) is 0 Å². The number of fused-ring (bicyclic) bond motifs is 1. The molecule has 0 spiro atoms. The average Bonchev–Trinajstić information content (AvgIpc) is 2.77. The molecule has 2 heterocycles. The van der Waals surface area contributed by atoms with Gasteiger partial charge in [-0.1, -0.05) is 12.1 Å². The van der Waals surface area contributed by atoms with Crippen LogP contribution < -0.4 is 11.1 Å². The lowest BCUT2D eigenvalue weighted by Crippen LogP contribution is -2.01. The first-order chi connectivity index (χ1) is 8.72. The third-order valence-corrected chi connectivity index (χ3v) is 2.67. The lowest BCUT2D eigenvalue weighted by molar-refractivity contribution is 1.14. The van der Waals surface area contributed by atoms with E-state index in [0.717, 1.165) is 11.3 Å². The Labute approximate surface area is 104 Å². The second-order valence-corrected chi connectivity index (χ2v) is 4.17. The van der Waals surface area contributed by atoms with E-state index in [0.29, 0.717) is 11.6 Å². The maximum atomic E-state index is 5.77. The minimum absolute atomic E-state index is 0.454. The number of anilines is 3. The molecule has 0 bridgehead atoms. The number of nitrogens with zero attached hydrogens (tertiary/aromatic N) is 3. The second kappa shape index (κ2) is 4.03. The van der Waals surface area contributed by atoms with Gasteiger partial charge in [-0.2, -0.15) is 0 Å². The number of hydrogen-bond donors (Lipinski definition) is 2.